The molecule has 3 fully saturated rings. The first kappa shape index (κ1) is 16.5. The largest absolute Gasteiger partial charge is 0.385 e. The van der Waals surface area contributed by atoms with Gasteiger partial charge in [0.1, 0.15) is 0 Å². The first-order chi connectivity index (χ1) is 12.5. The van der Waals surface area contributed by atoms with Crippen LogP contribution in [0.2, 0.25) is 5.02 Å². The molecule has 2 aromatic rings. The second kappa shape index (κ2) is 5.94. The Morgan fingerprint density at radius 3 is 2.77 bits per heavy atom. The second-order valence-corrected chi connectivity index (χ2v) is 8.41. The molecule has 1 saturated heterocycles. The summed E-state index contributed by atoms with van der Waals surface area (Å²) >= 11 is 6.23. The molecule has 1 amide bonds. The predicted molar refractivity (Wildman–Crippen MR) is 96.7 cm³/mol. The Morgan fingerprint density at radius 1 is 1.31 bits per heavy atom. The minimum Gasteiger partial charge on any atom is -0.385 e. The van der Waals surface area contributed by atoms with E-state index in [-0.39, 0.29) is 17.9 Å². The Labute approximate surface area is 156 Å². The average molecular weight is 376 g/mol. The molecule has 0 spiro atoms. The minimum absolute atomic E-state index is 0.0717. The zero-order valence-corrected chi connectivity index (χ0v) is 15.1. The third-order valence-corrected chi connectivity index (χ3v) is 6.62. The van der Waals surface area contributed by atoms with E-state index < -0.39 is 5.60 Å². The van der Waals surface area contributed by atoms with E-state index in [9.17, 15) is 9.90 Å². The van der Waals surface area contributed by atoms with Crippen LogP contribution in [0.25, 0.3) is 10.9 Å². The van der Waals surface area contributed by atoms with Gasteiger partial charge in [-0.05, 0) is 55.2 Å². The molecule has 2 heterocycles. The van der Waals surface area contributed by atoms with Crippen molar-refractivity contribution in [3.63, 3.8) is 0 Å². The summed E-state index contributed by atoms with van der Waals surface area (Å²) in [6.45, 7) is 1.34. The number of carbonyl (C=O) groups excluding carboxylic acids is 1. The zero-order chi connectivity index (χ0) is 17.9. The van der Waals surface area contributed by atoms with Gasteiger partial charge in [0.2, 0.25) is 5.91 Å². The maximum atomic E-state index is 12.4. The molecule has 1 aromatic heterocycles. The van der Waals surface area contributed by atoms with E-state index in [1.54, 1.807) is 6.20 Å². The molecule has 6 nitrogen and oxygen atoms in total. The number of aliphatic hydroxyl groups is 1. The topological polar surface area (TPSA) is 87.2 Å². The number of rotatable bonds is 3. The van der Waals surface area contributed by atoms with Crippen LogP contribution in [0, 0.1) is 17.8 Å². The van der Waals surface area contributed by atoms with Gasteiger partial charge in [0.15, 0.2) is 0 Å². The molecule has 3 aliphatic rings. The average Bonchev–Trinajstić information content (AvgIpc) is 3.01. The molecule has 1 aromatic carbocycles. The molecule has 0 radical (unpaired) electrons. The summed E-state index contributed by atoms with van der Waals surface area (Å²) in [7, 11) is 0. The van der Waals surface area contributed by atoms with Gasteiger partial charge < -0.3 is 15.2 Å². The normalized spacial score (nSPS) is 34.0. The standard InChI is InChI=1S/C19H22ClN3O3/c20-11-5-15(14-9-21-23-16(14)6-11)19(25)7-12-13(8-19)17(12)22-18(24)10-1-3-26-4-2-10/h5-6,9-10,12-13,17,25H,1-4,7-8H2,(H,21,23)(H,22,24)/t12-,13+,17?,19?. The highest BCUT2D eigenvalue weighted by Crippen LogP contribution is 2.60. The Kier molecular flexibility index (Phi) is 3.78. The Balaban J connectivity index is 1.29. The molecule has 26 heavy (non-hydrogen) atoms. The highest BCUT2D eigenvalue weighted by atomic mass is 35.5. The number of nitrogens with zero attached hydrogens (tertiary/aromatic N) is 1. The minimum atomic E-state index is -0.901. The van der Waals surface area contributed by atoms with Crippen LogP contribution in [-0.4, -0.2) is 40.5 Å². The van der Waals surface area contributed by atoms with Gasteiger partial charge >= 0.3 is 0 Å². The van der Waals surface area contributed by atoms with Crippen molar-refractivity contribution in [1.82, 2.24) is 15.5 Å². The molecule has 5 rings (SSSR count). The number of aromatic nitrogens is 2. The molecule has 1 aliphatic heterocycles. The van der Waals surface area contributed by atoms with Crippen molar-refractivity contribution < 1.29 is 14.6 Å². The van der Waals surface area contributed by atoms with Crippen LogP contribution >= 0.6 is 11.6 Å². The van der Waals surface area contributed by atoms with E-state index in [0.29, 0.717) is 42.9 Å². The summed E-state index contributed by atoms with van der Waals surface area (Å²) < 4.78 is 5.33. The van der Waals surface area contributed by atoms with Gasteiger partial charge in [-0.25, -0.2) is 0 Å². The summed E-state index contributed by atoms with van der Waals surface area (Å²) in [6.07, 6.45) is 4.65. The van der Waals surface area contributed by atoms with E-state index in [0.717, 1.165) is 29.3 Å². The summed E-state index contributed by atoms with van der Waals surface area (Å²) in [5.74, 6) is 0.896. The van der Waals surface area contributed by atoms with Crippen molar-refractivity contribution in [2.75, 3.05) is 13.2 Å². The number of hydrogen-bond donors (Lipinski definition) is 3. The monoisotopic (exact) mass is 375 g/mol. The molecule has 138 valence electrons. The van der Waals surface area contributed by atoms with E-state index in [1.807, 2.05) is 12.1 Å². The molecular formula is C19H22ClN3O3. The third kappa shape index (κ3) is 2.63. The lowest BCUT2D eigenvalue weighted by Gasteiger charge is -2.28. The number of aromatic amines is 1. The number of hydrogen-bond acceptors (Lipinski definition) is 4. The quantitative estimate of drug-likeness (QED) is 0.768. The number of fused-ring (bicyclic) bond motifs is 2. The fourth-order valence-corrected chi connectivity index (χ4v) is 5.16. The number of ether oxygens (including phenoxy) is 1. The summed E-state index contributed by atoms with van der Waals surface area (Å²) in [4.78, 5) is 12.4. The summed E-state index contributed by atoms with van der Waals surface area (Å²) in [6, 6.07) is 3.87. The third-order valence-electron chi connectivity index (χ3n) is 6.40. The first-order valence-electron chi connectivity index (χ1n) is 9.29. The Hall–Kier alpha value is -1.63. The van der Waals surface area contributed by atoms with Crippen molar-refractivity contribution >= 4 is 28.4 Å². The van der Waals surface area contributed by atoms with Crippen LogP contribution in [0.4, 0.5) is 0 Å². The zero-order valence-electron chi connectivity index (χ0n) is 14.4. The van der Waals surface area contributed by atoms with Crippen LogP contribution in [-0.2, 0) is 15.1 Å². The molecule has 3 N–H and O–H groups in total. The van der Waals surface area contributed by atoms with Gasteiger partial charge in [-0.3, -0.25) is 9.89 Å². The van der Waals surface area contributed by atoms with Gasteiger partial charge in [-0.2, -0.15) is 5.10 Å². The summed E-state index contributed by atoms with van der Waals surface area (Å²) in [5.41, 5.74) is 0.781. The number of benzene rings is 1. The van der Waals surface area contributed by atoms with E-state index in [4.69, 9.17) is 16.3 Å². The van der Waals surface area contributed by atoms with Crippen molar-refractivity contribution in [3.8, 4) is 0 Å². The Morgan fingerprint density at radius 2 is 2.04 bits per heavy atom. The SMILES string of the molecule is O=C(NC1[C@H]2CC(O)(c3cc(Cl)cc4[nH]ncc34)C[C@@H]12)C1CCOCC1. The number of amides is 1. The smallest absolute Gasteiger partial charge is 0.223 e. The van der Waals surface area contributed by atoms with E-state index in [2.05, 4.69) is 15.5 Å². The van der Waals surface area contributed by atoms with Gasteiger partial charge in [-0.1, -0.05) is 11.6 Å². The van der Waals surface area contributed by atoms with Gasteiger partial charge in [0, 0.05) is 35.6 Å². The highest BCUT2D eigenvalue weighted by molar-refractivity contribution is 6.31. The second-order valence-electron chi connectivity index (χ2n) is 7.97. The number of halogens is 1. The fraction of sp³-hybridized carbons (Fsp3) is 0.579. The lowest BCUT2D eigenvalue weighted by atomic mass is 9.86. The van der Waals surface area contributed by atoms with Crippen LogP contribution in [0.15, 0.2) is 18.3 Å². The molecule has 2 unspecified atom stereocenters. The fourth-order valence-electron chi connectivity index (χ4n) is 4.94. The van der Waals surface area contributed by atoms with Crippen molar-refractivity contribution in [1.29, 1.82) is 0 Å². The number of nitrogens with one attached hydrogen (secondary N) is 2. The van der Waals surface area contributed by atoms with Gasteiger partial charge in [0.25, 0.3) is 0 Å². The highest BCUT2D eigenvalue weighted by Gasteiger charge is 2.62. The van der Waals surface area contributed by atoms with Crippen molar-refractivity contribution in [2.24, 2.45) is 17.8 Å². The molecule has 2 aliphatic carbocycles. The predicted octanol–water partition coefficient (Wildman–Crippen LogP) is 2.36. The molecular weight excluding hydrogens is 354 g/mol. The van der Waals surface area contributed by atoms with Gasteiger partial charge in [0.05, 0.1) is 17.3 Å². The molecule has 0 bridgehead atoms. The van der Waals surface area contributed by atoms with Crippen LogP contribution in [0.5, 0.6) is 0 Å². The lowest BCUT2D eigenvalue weighted by Crippen LogP contribution is -2.38. The molecule has 7 heteroatoms. The van der Waals surface area contributed by atoms with E-state index in [1.165, 1.54) is 0 Å². The van der Waals surface area contributed by atoms with Crippen LogP contribution in [0.1, 0.15) is 31.2 Å². The van der Waals surface area contributed by atoms with Crippen LogP contribution < -0.4 is 5.32 Å². The van der Waals surface area contributed by atoms with Crippen molar-refractivity contribution in [3.05, 3.63) is 28.9 Å². The Bertz CT molecular complexity index is 849. The first-order valence-corrected chi connectivity index (χ1v) is 9.66. The maximum Gasteiger partial charge on any atom is 0.223 e. The molecule has 4 atom stereocenters. The molecule has 2 saturated carbocycles. The lowest BCUT2D eigenvalue weighted by molar-refractivity contribution is -0.128. The maximum absolute atomic E-state index is 12.4. The van der Waals surface area contributed by atoms with E-state index >= 15 is 0 Å². The summed E-state index contributed by atoms with van der Waals surface area (Å²) in [5, 5.41) is 23.0. The van der Waals surface area contributed by atoms with Crippen molar-refractivity contribution in [2.45, 2.75) is 37.3 Å². The number of H-pyrrole nitrogens is 1. The number of carbonyl (C=O) groups is 1. The van der Waals surface area contributed by atoms with Crippen LogP contribution in [0.3, 0.4) is 0 Å². The van der Waals surface area contributed by atoms with Gasteiger partial charge in [-0.15, -0.1) is 0 Å².